The van der Waals surface area contributed by atoms with Crippen LogP contribution in [0.5, 0.6) is 11.5 Å². The predicted octanol–water partition coefficient (Wildman–Crippen LogP) is 6.87. The smallest absolute Gasteiger partial charge is 0.310 e. The normalized spacial score (nSPS) is 19.3. The fourth-order valence-corrected chi connectivity index (χ4v) is 8.84. The van der Waals surface area contributed by atoms with E-state index in [9.17, 15) is 13.2 Å². The maximum atomic E-state index is 15.7. The third-order valence-corrected chi connectivity index (χ3v) is 11.4. The Kier molecular flexibility index (Phi) is 9.36. The van der Waals surface area contributed by atoms with Crippen molar-refractivity contribution in [3.63, 3.8) is 0 Å². The molecular weight excluding hydrogens is 646 g/mol. The number of aromatic amines is 1. The molecule has 5 aromatic rings. The Labute approximate surface area is 286 Å². The van der Waals surface area contributed by atoms with Crippen LogP contribution in [-0.2, 0) is 44.7 Å². The van der Waals surface area contributed by atoms with Gasteiger partial charge in [0.1, 0.15) is 11.4 Å². The first-order valence-corrected chi connectivity index (χ1v) is 18.4. The summed E-state index contributed by atoms with van der Waals surface area (Å²) >= 11 is 0. The second-order valence-corrected chi connectivity index (χ2v) is 16.0. The molecule has 6 rings (SSSR count). The zero-order chi connectivity index (χ0) is 35.0. The number of pyridine rings is 1. The van der Waals surface area contributed by atoms with Crippen LogP contribution in [0, 0.1) is 11.2 Å². The highest BCUT2D eigenvalue weighted by molar-refractivity contribution is 7.91. The molecule has 258 valence electrons. The van der Waals surface area contributed by atoms with Crippen molar-refractivity contribution >= 4 is 26.7 Å². The number of esters is 1. The molecule has 49 heavy (non-hydrogen) atoms. The average Bonchev–Trinajstić information content (AvgIpc) is 3.67. The molecule has 1 aliphatic heterocycles. The van der Waals surface area contributed by atoms with Crippen molar-refractivity contribution in [2.45, 2.75) is 65.2 Å². The molecule has 0 unspecified atom stereocenters. The van der Waals surface area contributed by atoms with Crippen molar-refractivity contribution in [1.29, 1.82) is 0 Å². The van der Waals surface area contributed by atoms with Gasteiger partial charge >= 0.3 is 5.97 Å². The minimum absolute atomic E-state index is 0.0197. The lowest BCUT2D eigenvalue weighted by Gasteiger charge is -2.30. The van der Waals surface area contributed by atoms with Gasteiger partial charge < -0.3 is 14.5 Å². The fourth-order valence-electron chi connectivity index (χ4n) is 6.84. The number of fused-ring (bicyclic) bond motifs is 8. The second kappa shape index (κ2) is 13.4. The van der Waals surface area contributed by atoms with E-state index >= 15 is 4.39 Å². The van der Waals surface area contributed by atoms with Crippen LogP contribution in [0.2, 0.25) is 0 Å². The highest BCUT2D eigenvalue weighted by Gasteiger charge is 2.36. The minimum atomic E-state index is -3.54. The molecule has 2 aromatic carbocycles. The van der Waals surface area contributed by atoms with Crippen LogP contribution in [0.4, 0.5) is 4.39 Å². The number of halogens is 1. The molecule has 0 fully saturated rings. The van der Waals surface area contributed by atoms with Crippen LogP contribution in [0.25, 0.3) is 22.4 Å². The quantitative estimate of drug-likeness (QED) is 0.203. The van der Waals surface area contributed by atoms with Crippen molar-refractivity contribution < 1.29 is 27.1 Å². The molecule has 3 aromatic heterocycles. The number of nitrogens with one attached hydrogen (secondary N) is 1. The second-order valence-electron chi connectivity index (χ2n) is 13.8. The first-order chi connectivity index (χ1) is 23.3. The van der Waals surface area contributed by atoms with Gasteiger partial charge in [-0.1, -0.05) is 44.5 Å². The van der Waals surface area contributed by atoms with Gasteiger partial charge in [-0.25, -0.2) is 22.5 Å². The number of nitrogens with zero attached hydrogens (tertiary/aromatic N) is 4. The third-order valence-electron chi connectivity index (χ3n) is 9.33. The van der Waals surface area contributed by atoms with Crippen molar-refractivity contribution in [2.75, 3.05) is 18.1 Å². The number of aromatic nitrogens is 5. The summed E-state index contributed by atoms with van der Waals surface area (Å²) in [6.45, 7) is 8.10. The molecule has 4 bridgehead atoms. The van der Waals surface area contributed by atoms with Crippen molar-refractivity contribution in [3.05, 3.63) is 89.3 Å². The maximum absolute atomic E-state index is 15.7. The lowest BCUT2D eigenvalue weighted by atomic mass is 9.75. The van der Waals surface area contributed by atoms with Gasteiger partial charge in [-0.3, -0.25) is 9.78 Å². The summed E-state index contributed by atoms with van der Waals surface area (Å²) in [4.78, 5) is 24.9. The van der Waals surface area contributed by atoms with Crippen molar-refractivity contribution in [3.8, 4) is 23.0 Å². The van der Waals surface area contributed by atoms with Gasteiger partial charge in [0, 0.05) is 48.0 Å². The van der Waals surface area contributed by atoms with E-state index in [1.807, 2.05) is 44.2 Å². The summed E-state index contributed by atoms with van der Waals surface area (Å²) in [6.07, 6.45) is 5.43. The molecule has 0 saturated carbocycles. The first-order valence-electron chi connectivity index (χ1n) is 16.6. The summed E-state index contributed by atoms with van der Waals surface area (Å²) in [6, 6.07) is 14.3. The monoisotopic (exact) mass is 687 g/mol. The number of hydrogen-bond donors (Lipinski definition) is 1. The van der Waals surface area contributed by atoms with E-state index < -0.39 is 26.5 Å². The first kappa shape index (κ1) is 34.3. The van der Waals surface area contributed by atoms with Gasteiger partial charge in [-0.15, -0.1) is 0 Å². The largest absolute Gasteiger partial charge is 0.466 e. The van der Waals surface area contributed by atoms with E-state index in [4.69, 9.17) is 19.6 Å². The van der Waals surface area contributed by atoms with Crippen LogP contribution >= 0.6 is 0 Å². The maximum Gasteiger partial charge on any atom is 0.310 e. The zero-order valence-electron chi connectivity index (χ0n) is 28.5. The molecule has 12 heteroatoms. The van der Waals surface area contributed by atoms with Gasteiger partial charge in [-0.2, -0.15) is 5.10 Å². The van der Waals surface area contributed by atoms with E-state index in [1.54, 1.807) is 43.2 Å². The summed E-state index contributed by atoms with van der Waals surface area (Å²) < 4.78 is 56.0. The Bertz CT molecular complexity index is 2120. The minimum Gasteiger partial charge on any atom is -0.466 e. The summed E-state index contributed by atoms with van der Waals surface area (Å²) in [7, 11) is -1.74. The highest BCUT2D eigenvalue weighted by Crippen LogP contribution is 2.40. The third kappa shape index (κ3) is 7.39. The highest BCUT2D eigenvalue weighted by atomic mass is 32.2. The Hall–Kier alpha value is -4.58. The van der Waals surface area contributed by atoms with Crippen LogP contribution in [0.3, 0.4) is 0 Å². The standard InChI is InChI=1S/C37H42FN5O5S/c1-6-47-32(44)20-24-9-7-10-25(19-24)37(4)15-8-14-36(2,3)23-49(45,46)18-13-28-27-12-17-39-30(27)22-29(38)33(28)48-26-11-16-40-31(21-26)34-41-35(37)42-43(34)5/h7,9-12,16-17,19,21-22,39H,6,8,13-15,18,20,23H2,1-5H3/t37-/m1/s1. The summed E-state index contributed by atoms with van der Waals surface area (Å²) in [5.41, 5.74) is 2.04. The van der Waals surface area contributed by atoms with E-state index in [1.165, 1.54) is 6.07 Å². The molecule has 1 aliphatic rings. The number of carbonyl (C=O) groups is 1. The van der Waals surface area contributed by atoms with Gasteiger partial charge in [0.05, 0.1) is 29.9 Å². The Morgan fingerprint density at radius 2 is 1.94 bits per heavy atom. The molecule has 0 spiro atoms. The Morgan fingerprint density at radius 1 is 1.12 bits per heavy atom. The number of rotatable bonds is 4. The van der Waals surface area contributed by atoms with Crippen LogP contribution in [0.1, 0.15) is 69.5 Å². The number of benzene rings is 2. The molecule has 0 radical (unpaired) electrons. The number of aryl methyl sites for hydroxylation is 2. The fraction of sp³-hybridized carbons (Fsp3) is 0.405. The summed E-state index contributed by atoms with van der Waals surface area (Å²) in [5.74, 6) is 0.293. The number of carbonyl (C=O) groups excluding carboxylic acids is 1. The van der Waals surface area contributed by atoms with Crippen LogP contribution < -0.4 is 4.74 Å². The molecule has 4 heterocycles. The number of H-pyrrole nitrogens is 1. The van der Waals surface area contributed by atoms with Gasteiger partial charge in [-0.05, 0) is 61.8 Å². The van der Waals surface area contributed by atoms with Gasteiger partial charge in [0.15, 0.2) is 33.1 Å². The molecule has 0 saturated heterocycles. The molecule has 10 nitrogen and oxygen atoms in total. The molecule has 0 aliphatic carbocycles. The van der Waals surface area contributed by atoms with E-state index in [0.29, 0.717) is 65.4 Å². The van der Waals surface area contributed by atoms with E-state index in [0.717, 1.165) is 11.1 Å². The zero-order valence-corrected chi connectivity index (χ0v) is 29.4. The summed E-state index contributed by atoms with van der Waals surface area (Å²) in [5, 5.41) is 5.59. The predicted molar refractivity (Wildman–Crippen MR) is 186 cm³/mol. The lowest BCUT2D eigenvalue weighted by molar-refractivity contribution is -0.142. The van der Waals surface area contributed by atoms with Gasteiger partial charge in [0.25, 0.3) is 0 Å². The molecule has 1 atom stereocenters. The Balaban J connectivity index is 1.47. The topological polar surface area (TPSA) is 129 Å². The lowest BCUT2D eigenvalue weighted by Crippen LogP contribution is -2.29. The Morgan fingerprint density at radius 3 is 2.73 bits per heavy atom. The van der Waals surface area contributed by atoms with E-state index in [-0.39, 0.29) is 36.1 Å². The molecular formula is C37H42FN5O5S. The average molecular weight is 688 g/mol. The number of ether oxygens (including phenoxy) is 2. The van der Waals surface area contributed by atoms with Crippen molar-refractivity contribution in [2.24, 2.45) is 12.5 Å². The van der Waals surface area contributed by atoms with Crippen LogP contribution in [-0.4, -0.2) is 57.2 Å². The van der Waals surface area contributed by atoms with Gasteiger partial charge in [0.2, 0.25) is 0 Å². The molecule has 0 amide bonds. The van der Waals surface area contributed by atoms with Crippen LogP contribution in [0.15, 0.2) is 60.9 Å². The number of hydrogen-bond acceptors (Lipinski definition) is 8. The van der Waals surface area contributed by atoms with E-state index in [2.05, 4.69) is 16.9 Å². The van der Waals surface area contributed by atoms with Crippen molar-refractivity contribution in [1.82, 2.24) is 24.7 Å². The number of sulfone groups is 1. The molecule has 1 N–H and O–H groups in total. The SMILES string of the molecule is CCOC(=O)Cc1cccc([C@@]2(C)CCCC(C)(C)CS(=O)(=O)CCc3c(c(F)cc4[nH]ccc34)Oc3ccnc(c3)-c3nc2nn3C)c1.